The second-order valence-corrected chi connectivity index (χ2v) is 4.53. The third-order valence-corrected chi connectivity index (χ3v) is 3.09. The van der Waals surface area contributed by atoms with E-state index in [-0.39, 0.29) is 30.0 Å². The number of anilines is 1. The quantitative estimate of drug-likeness (QED) is 0.718. The monoisotopic (exact) mass is 256 g/mol. The lowest BCUT2D eigenvalue weighted by Crippen LogP contribution is -2.38. The molecule has 0 aliphatic carbocycles. The minimum absolute atomic E-state index is 0.0133. The molecule has 1 aromatic rings. The number of nitrogens with one attached hydrogen (secondary N) is 1. The van der Waals surface area contributed by atoms with Gasteiger partial charge in [0.05, 0.1) is 10.6 Å². The van der Waals surface area contributed by atoms with Crippen LogP contribution in [0.2, 0.25) is 5.02 Å². The van der Waals surface area contributed by atoms with Crippen LogP contribution in [0.5, 0.6) is 0 Å². The van der Waals surface area contributed by atoms with Crippen LogP contribution in [0.4, 0.5) is 5.69 Å². The standard InChI is InChI=1S/C12H17ClN2O2/c1-7(6-16)8(2)15-12(17)11-9(13)4-3-5-10(11)14/h3-5,7-8,16H,6,14H2,1-2H3,(H,15,17). The van der Waals surface area contributed by atoms with Gasteiger partial charge in [-0.2, -0.15) is 0 Å². The summed E-state index contributed by atoms with van der Waals surface area (Å²) in [6, 6.07) is 4.78. The third kappa shape index (κ3) is 3.35. The van der Waals surface area contributed by atoms with Crippen molar-refractivity contribution in [3.63, 3.8) is 0 Å². The number of aliphatic hydroxyl groups excluding tert-OH is 1. The molecule has 1 aromatic carbocycles. The smallest absolute Gasteiger partial charge is 0.255 e. The van der Waals surface area contributed by atoms with E-state index in [2.05, 4.69) is 5.32 Å². The highest BCUT2D eigenvalue weighted by Gasteiger charge is 2.18. The molecule has 0 fully saturated rings. The number of amides is 1. The predicted molar refractivity (Wildman–Crippen MR) is 69.0 cm³/mol. The first-order valence-corrected chi connectivity index (χ1v) is 5.80. The van der Waals surface area contributed by atoms with Crippen molar-refractivity contribution in [2.45, 2.75) is 19.9 Å². The Morgan fingerprint density at radius 3 is 2.71 bits per heavy atom. The van der Waals surface area contributed by atoms with Gasteiger partial charge in [0.2, 0.25) is 0 Å². The van der Waals surface area contributed by atoms with Crippen LogP contribution in [-0.4, -0.2) is 23.7 Å². The summed E-state index contributed by atoms with van der Waals surface area (Å²) < 4.78 is 0. The van der Waals surface area contributed by atoms with E-state index in [1.807, 2.05) is 13.8 Å². The van der Waals surface area contributed by atoms with Crippen molar-refractivity contribution in [1.29, 1.82) is 0 Å². The van der Waals surface area contributed by atoms with Gasteiger partial charge in [-0.3, -0.25) is 4.79 Å². The fraction of sp³-hybridized carbons (Fsp3) is 0.417. The van der Waals surface area contributed by atoms with E-state index in [1.165, 1.54) is 0 Å². The zero-order valence-corrected chi connectivity index (χ0v) is 10.7. The Labute approximate surface area is 106 Å². The maximum Gasteiger partial charge on any atom is 0.255 e. The first kappa shape index (κ1) is 13.8. The van der Waals surface area contributed by atoms with Gasteiger partial charge in [0.25, 0.3) is 5.91 Å². The first-order chi connectivity index (χ1) is 7.97. The van der Waals surface area contributed by atoms with Crippen LogP contribution in [0.1, 0.15) is 24.2 Å². The van der Waals surface area contributed by atoms with E-state index in [0.29, 0.717) is 10.7 Å². The van der Waals surface area contributed by atoms with Crippen molar-refractivity contribution in [2.24, 2.45) is 5.92 Å². The number of benzene rings is 1. The highest BCUT2D eigenvalue weighted by atomic mass is 35.5. The van der Waals surface area contributed by atoms with Crippen LogP contribution in [0.3, 0.4) is 0 Å². The van der Waals surface area contributed by atoms with Gasteiger partial charge in [-0.25, -0.2) is 0 Å². The van der Waals surface area contributed by atoms with E-state index >= 15 is 0 Å². The summed E-state index contributed by atoms with van der Waals surface area (Å²) in [4.78, 5) is 12.0. The number of hydrogen-bond donors (Lipinski definition) is 3. The van der Waals surface area contributed by atoms with E-state index in [1.54, 1.807) is 18.2 Å². The molecular weight excluding hydrogens is 240 g/mol. The van der Waals surface area contributed by atoms with E-state index < -0.39 is 0 Å². The number of carbonyl (C=O) groups is 1. The topological polar surface area (TPSA) is 75.3 Å². The molecule has 0 aliphatic heterocycles. The van der Waals surface area contributed by atoms with Crippen LogP contribution < -0.4 is 11.1 Å². The molecule has 4 N–H and O–H groups in total. The van der Waals surface area contributed by atoms with Gasteiger partial charge in [-0.15, -0.1) is 0 Å². The SMILES string of the molecule is CC(CO)C(C)NC(=O)c1c(N)cccc1Cl. The van der Waals surface area contributed by atoms with Gasteiger partial charge in [0, 0.05) is 18.3 Å². The lowest BCUT2D eigenvalue weighted by molar-refractivity contribution is 0.0917. The highest BCUT2D eigenvalue weighted by molar-refractivity contribution is 6.34. The molecule has 5 heteroatoms. The Bertz CT molecular complexity index is 389. The average Bonchev–Trinajstić information content (AvgIpc) is 2.27. The number of rotatable bonds is 4. The largest absolute Gasteiger partial charge is 0.398 e. The van der Waals surface area contributed by atoms with E-state index in [0.717, 1.165) is 0 Å². The zero-order valence-electron chi connectivity index (χ0n) is 9.90. The number of halogens is 1. The highest BCUT2D eigenvalue weighted by Crippen LogP contribution is 2.22. The summed E-state index contributed by atoms with van der Waals surface area (Å²) in [7, 11) is 0. The Hall–Kier alpha value is -1.26. The fourth-order valence-corrected chi connectivity index (χ4v) is 1.63. The second-order valence-electron chi connectivity index (χ2n) is 4.13. The molecule has 0 heterocycles. The first-order valence-electron chi connectivity index (χ1n) is 5.43. The van der Waals surface area contributed by atoms with Crippen molar-refractivity contribution in [1.82, 2.24) is 5.32 Å². The van der Waals surface area contributed by atoms with Crippen molar-refractivity contribution in [2.75, 3.05) is 12.3 Å². The molecule has 94 valence electrons. The number of nitrogen functional groups attached to an aromatic ring is 1. The molecule has 0 radical (unpaired) electrons. The molecule has 2 atom stereocenters. The molecule has 0 saturated carbocycles. The molecule has 0 aromatic heterocycles. The molecule has 0 aliphatic rings. The molecule has 1 rings (SSSR count). The maximum atomic E-state index is 12.0. The molecule has 1 amide bonds. The normalized spacial score (nSPS) is 14.1. The van der Waals surface area contributed by atoms with Crippen LogP contribution in [-0.2, 0) is 0 Å². The summed E-state index contributed by atoms with van der Waals surface area (Å²) in [5.74, 6) is -0.344. The van der Waals surface area contributed by atoms with Crippen LogP contribution in [0.25, 0.3) is 0 Å². The molecule has 4 nitrogen and oxygen atoms in total. The van der Waals surface area contributed by atoms with Gasteiger partial charge < -0.3 is 16.2 Å². The summed E-state index contributed by atoms with van der Waals surface area (Å²) in [6.07, 6.45) is 0. The van der Waals surface area contributed by atoms with Crippen LogP contribution in [0.15, 0.2) is 18.2 Å². The Morgan fingerprint density at radius 1 is 1.53 bits per heavy atom. The van der Waals surface area contributed by atoms with Crippen molar-refractivity contribution >= 4 is 23.2 Å². The van der Waals surface area contributed by atoms with Gasteiger partial charge in [0.1, 0.15) is 0 Å². The fourth-order valence-electron chi connectivity index (χ4n) is 1.36. The molecule has 2 unspecified atom stereocenters. The Kier molecular flexibility index (Phi) is 4.78. The summed E-state index contributed by atoms with van der Waals surface area (Å²) >= 11 is 5.93. The molecule has 0 bridgehead atoms. The van der Waals surface area contributed by atoms with E-state index in [9.17, 15) is 4.79 Å². The Balaban J connectivity index is 2.84. The number of hydrogen-bond acceptors (Lipinski definition) is 3. The Morgan fingerprint density at radius 2 is 2.18 bits per heavy atom. The molecule has 17 heavy (non-hydrogen) atoms. The number of carbonyl (C=O) groups excluding carboxylic acids is 1. The second kappa shape index (κ2) is 5.89. The molecular formula is C12H17ClN2O2. The van der Waals surface area contributed by atoms with E-state index in [4.69, 9.17) is 22.4 Å². The van der Waals surface area contributed by atoms with Gasteiger partial charge in [-0.05, 0) is 25.0 Å². The number of nitrogens with two attached hydrogens (primary N) is 1. The lowest BCUT2D eigenvalue weighted by Gasteiger charge is -2.20. The zero-order chi connectivity index (χ0) is 13.0. The van der Waals surface area contributed by atoms with Crippen LogP contribution >= 0.6 is 11.6 Å². The lowest BCUT2D eigenvalue weighted by atomic mass is 10.0. The van der Waals surface area contributed by atoms with Crippen LogP contribution in [0, 0.1) is 5.92 Å². The summed E-state index contributed by atoms with van der Waals surface area (Å²) in [5, 5.41) is 12.1. The molecule has 0 saturated heterocycles. The van der Waals surface area contributed by atoms with Crippen molar-refractivity contribution in [3.8, 4) is 0 Å². The minimum atomic E-state index is -0.319. The van der Waals surface area contributed by atoms with Crippen molar-refractivity contribution in [3.05, 3.63) is 28.8 Å². The summed E-state index contributed by atoms with van der Waals surface area (Å²) in [5.41, 5.74) is 6.34. The predicted octanol–water partition coefficient (Wildman–Crippen LogP) is 1.67. The van der Waals surface area contributed by atoms with Crippen molar-refractivity contribution < 1.29 is 9.90 Å². The number of aliphatic hydroxyl groups is 1. The van der Waals surface area contributed by atoms with Gasteiger partial charge in [0.15, 0.2) is 0 Å². The summed E-state index contributed by atoms with van der Waals surface area (Å²) in [6.45, 7) is 3.69. The molecule has 0 spiro atoms. The average molecular weight is 257 g/mol. The minimum Gasteiger partial charge on any atom is -0.398 e. The van der Waals surface area contributed by atoms with Gasteiger partial charge >= 0.3 is 0 Å². The van der Waals surface area contributed by atoms with Gasteiger partial charge in [-0.1, -0.05) is 24.6 Å². The maximum absolute atomic E-state index is 12.0. The third-order valence-electron chi connectivity index (χ3n) is 2.77.